The highest BCUT2D eigenvalue weighted by molar-refractivity contribution is 9.10. The van der Waals surface area contributed by atoms with Crippen LogP contribution in [0.2, 0.25) is 0 Å². The Morgan fingerprint density at radius 3 is 3.00 bits per heavy atom. The number of aromatic hydroxyl groups is 1. The van der Waals surface area contributed by atoms with Gasteiger partial charge in [0, 0.05) is 5.56 Å². The molecule has 110 valence electrons. The molecular weight excluding hydrogens is 324 g/mol. The van der Waals surface area contributed by atoms with Gasteiger partial charge < -0.3 is 20.5 Å². The summed E-state index contributed by atoms with van der Waals surface area (Å²) < 4.78 is 5.77. The van der Waals surface area contributed by atoms with Crippen LogP contribution in [0.1, 0.15) is 18.4 Å². The number of amides is 1. The second kappa shape index (κ2) is 6.45. The molecule has 1 fully saturated rings. The molecule has 20 heavy (non-hydrogen) atoms. The number of phenolic OH excluding ortho intramolecular Hbond substituents is 1. The summed E-state index contributed by atoms with van der Waals surface area (Å²) in [5, 5.41) is 9.80. The van der Waals surface area contributed by atoms with Gasteiger partial charge in [-0.1, -0.05) is 0 Å². The highest BCUT2D eigenvalue weighted by atomic mass is 79.9. The number of methoxy groups -OCH3 is 1. The molecule has 1 aromatic rings. The molecule has 0 bridgehead atoms. The lowest BCUT2D eigenvalue weighted by atomic mass is 9.97. The van der Waals surface area contributed by atoms with Crippen molar-refractivity contribution in [3.05, 3.63) is 22.2 Å². The third kappa shape index (κ3) is 3.43. The van der Waals surface area contributed by atoms with Crippen LogP contribution in [0.15, 0.2) is 16.6 Å². The highest BCUT2D eigenvalue weighted by Gasteiger charge is 2.27. The second-order valence-corrected chi connectivity index (χ2v) is 6.11. The average Bonchev–Trinajstić information content (AvgIpc) is 2.43. The smallest absolute Gasteiger partial charge is 0.226 e. The summed E-state index contributed by atoms with van der Waals surface area (Å²) in [6.07, 6.45) is 1.90. The number of rotatable bonds is 4. The first-order valence-electron chi connectivity index (χ1n) is 6.69. The van der Waals surface area contributed by atoms with E-state index >= 15 is 0 Å². The van der Waals surface area contributed by atoms with Crippen molar-refractivity contribution in [2.75, 3.05) is 20.2 Å². The zero-order valence-corrected chi connectivity index (χ0v) is 13.1. The summed E-state index contributed by atoms with van der Waals surface area (Å²) >= 11 is 3.32. The number of nitrogens with one attached hydrogen (secondary N) is 1. The van der Waals surface area contributed by atoms with Crippen LogP contribution in [-0.4, -0.2) is 31.2 Å². The number of phenols is 1. The molecule has 1 amide bonds. The quantitative estimate of drug-likeness (QED) is 0.742. The number of carbonyl (C=O) groups excluding carboxylic acids is 1. The molecule has 1 unspecified atom stereocenters. The molecule has 6 heteroatoms. The van der Waals surface area contributed by atoms with Crippen molar-refractivity contribution in [1.29, 1.82) is 0 Å². The number of piperidine rings is 1. The van der Waals surface area contributed by atoms with Gasteiger partial charge in [-0.3, -0.25) is 4.79 Å². The van der Waals surface area contributed by atoms with E-state index in [1.807, 2.05) is 12.1 Å². The summed E-state index contributed by atoms with van der Waals surface area (Å²) in [7, 11) is 1.53. The number of halogens is 1. The number of ether oxygens (including phenoxy) is 1. The lowest BCUT2D eigenvalue weighted by Crippen LogP contribution is -3.12. The van der Waals surface area contributed by atoms with Gasteiger partial charge in [0.1, 0.15) is 6.54 Å². The number of benzene rings is 1. The molecule has 0 saturated carbocycles. The molecule has 0 spiro atoms. The molecule has 2 atom stereocenters. The van der Waals surface area contributed by atoms with Gasteiger partial charge in [-0.2, -0.15) is 0 Å². The number of likely N-dealkylation sites (tertiary alicyclic amines) is 1. The van der Waals surface area contributed by atoms with Crippen LogP contribution in [0.25, 0.3) is 0 Å². The molecule has 5 nitrogen and oxygen atoms in total. The number of carbonyl (C=O) groups is 1. The first-order chi connectivity index (χ1) is 9.51. The van der Waals surface area contributed by atoms with Crippen molar-refractivity contribution in [3.8, 4) is 11.5 Å². The van der Waals surface area contributed by atoms with E-state index < -0.39 is 0 Å². The van der Waals surface area contributed by atoms with Crippen molar-refractivity contribution >= 4 is 21.8 Å². The number of hydrogen-bond acceptors (Lipinski definition) is 3. The number of nitrogens with two attached hydrogens (primary N) is 1. The van der Waals surface area contributed by atoms with Gasteiger partial charge in [0.2, 0.25) is 5.91 Å². The Morgan fingerprint density at radius 1 is 1.60 bits per heavy atom. The number of hydrogen-bond donors (Lipinski definition) is 3. The van der Waals surface area contributed by atoms with Crippen LogP contribution in [0, 0.1) is 5.92 Å². The molecule has 0 aliphatic carbocycles. The van der Waals surface area contributed by atoms with Crippen LogP contribution >= 0.6 is 15.9 Å². The van der Waals surface area contributed by atoms with E-state index in [0.717, 1.165) is 38.0 Å². The Bertz CT molecular complexity index is 507. The molecule has 0 radical (unpaired) electrons. The molecule has 4 N–H and O–H groups in total. The maximum absolute atomic E-state index is 11.3. The zero-order chi connectivity index (χ0) is 14.7. The SMILES string of the molecule is COc1cc(C[NH+]2CCC[C@@H](C(N)=O)C2)cc(Br)c1O. The van der Waals surface area contributed by atoms with E-state index in [2.05, 4.69) is 15.9 Å². The molecule has 1 heterocycles. The summed E-state index contributed by atoms with van der Waals surface area (Å²) in [6.45, 7) is 2.60. The number of quaternary nitrogens is 1. The zero-order valence-electron chi connectivity index (χ0n) is 11.5. The fourth-order valence-electron chi connectivity index (χ4n) is 2.73. The van der Waals surface area contributed by atoms with Gasteiger partial charge in [-0.05, 0) is 40.9 Å². The van der Waals surface area contributed by atoms with Gasteiger partial charge in [-0.15, -0.1) is 0 Å². The number of primary amides is 1. The Morgan fingerprint density at radius 2 is 2.35 bits per heavy atom. The van der Waals surface area contributed by atoms with Crippen LogP contribution in [0.4, 0.5) is 0 Å². The topological polar surface area (TPSA) is 77.0 Å². The molecular formula is C14H20BrN2O3+. The summed E-state index contributed by atoms with van der Waals surface area (Å²) in [4.78, 5) is 12.6. The maximum Gasteiger partial charge on any atom is 0.226 e. The van der Waals surface area contributed by atoms with Crippen LogP contribution in [-0.2, 0) is 11.3 Å². The van der Waals surface area contributed by atoms with Crippen LogP contribution in [0.5, 0.6) is 11.5 Å². The minimum absolute atomic E-state index is 0.0267. The monoisotopic (exact) mass is 343 g/mol. The summed E-state index contributed by atoms with van der Waals surface area (Å²) in [5.74, 6) is 0.338. The first-order valence-corrected chi connectivity index (χ1v) is 7.48. The Balaban J connectivity index is 2.10. The third-order valence-electron chi connectivity index (χ3n) is 3.78. The van der Waals surface area contributed by atoms with Gasteiger partial charge in [0.15, 0.2) is 11.5 Å². The van der Waals surface area contributed by atoms with Gasteiger partial charge in [-0.25, -0.2) is 0 Å². The van der Waals surface area contributed by atoms with Crippen LogP contribution in [0.3, 0.4) is 0 Å². The molecule has 1 aliphatic rings. The minimum atomic E-state index is -0.202. The summed E-state index contributed by atoms with van der Waals surface area (Å²) in [5.41, 5.74) is 6.46. The highest BCUT2D eigenvalue weighted by Crippen LogP contribution is 2.34. The largest absolute Gasteiger partial charge is 0.503 e. The second-order valence-electron chi connectivity index (χ2n) is 5.25. The van der Waals surface area contributed by atoms with Crippen LogP contribution < -0.4 is 15.4 Å². The van der Waals surface area contributed by atoms with E-state index in [-0.39, 0.29) is 17.6 Å². The van der Waals surface area contributed by atoms with E-state index in [4.69, 9.17) is 10.5 Å². The van der Waals surface area contributed by atoms with Crippen molar-refractivity contribution in [3.63, 3.8) is 0 Å². The predicted octanol–water partition coefficient (Wildman–Crippen LogP) is 0.443. The molecule has 0 aromatic heterocycles. The Kier molecular flexibility index (Phi) is 4.88. The first kappa shape index (κ1) is 15.1. The lowest BCUT2D eigenvalue weighted by molar-refractivity contribution is -0.921. The summed E-state index contributed by atoms with van der Waals surface area (Å²) in [6, 6.07) is 3.72. The fourth-order valence-corrected chi connectivity index (χ4v) is 3.22. The van der Waals surface area contributed by atoms with Gasteiger partial charge in [0.25, 0.3) is 0 Å². The lowest BCUT2D eigenvalue weighted by Gasteiger charge is -2.28. The van der Waals surface area contributed by atoms with E-state index in [1.54, 1.807) is 0 Å². The molecule has 1 aromatic carbocycles. The van der Waals surface area contributed by atoms with Gasteiger partial charge in [0.05, 0.1) is 30.6 Å². The Labute approximate surface area is 126 Å². The third-order valence-corrected chi connectivity index (χ3v) is 4.39. The average molecular weight is 344 g/mol. The predicted molar refractivity (Wildman–Crippen MR) is 78.7 cm³/mol. The minimum Gasteiger partial charge on any atom is -0.503 e. The van der Waals surface area contributed by atoms with Crippen molar-refractivity contribution in [2.45, 2.75) is 19.4 Å². The fraction of sp³-hybridized carbons (Fsp3) is 0.500. The van der Waals surface area contributed by atoms with Crippen molar-refractivity contribution < 1.29 is 19.5 Å². The van der Waals surface area contributed by atoms with Crippen molar-refractivity contribution in [2.24, 2.45) is 11.7 Å². The molecule has 2 rings (SSSR count). The van der Waals surface area contributed by atoms with Gasteiger partial charge >= 0.3 is 0 Å². The van der Waals surface area contributed by atoms with E-state index in [1.165, 1.54) is 12.0 Å². The standard InChI is InChI=1S/C14H19BrN2O3/c1-20-12-6-9(5-11(15)13(12)18)7-17-4-2-3-10(8-17)14(16)19/h5-6,10,18H,2-4,7-8H2,1H3,(H2,16,19)/p+1/t10-/m1/s1. The molecule has 1 saturated heterocycles. The maximum atomic E-state index is 11.3. The van der Waals surface area contributed by atoms with E-state index in [9.17, 15) is 9.90 Å². The van der Waals surface area contributed by atoms with Crippen molar-refractivity contribution in [1.82, 2.24) is 0 Å². The van der Waals surface area contributed by atoms with E-state index in [0.29, 0.717) is 10.2 Å². The normalized spacial score (nSPS) is 22.5. The Hall–Kier alpha value is -1.27. The molecule has 1 aliphatic heterocycles.